The van der Waals surface area contributed by atoms with E-state index >= 15 is 0 Å². The normalized spacial score (nSPS) is 15.4. The van der Waals surface area contributed by atoms with Crippen molar-refractivity contribution in [2.24, 2.45) is 5.16 Å². The summed E-state index contributed by atoms with van der Waals surface area (Å²) in [6.45, 7) is 0.253. The highest BCUT2D eigenvalue weighted by molar-refractivity contribution is 6.39. The third-order valence-corrected chi connectivity index (χ3v) is 4.16. The monoisotopic (exact) mass is 367 g/mol. The predicted molar refractivity (Wildman–Crippen MR) is 100 cm³/mol. The van der Waals surface area contributed by atoms with Crippen molar-refractivity contribution >= 4 is 17.5 Å². The van der Waals surface area contributed by atoms with E-state index in [2.05, 4.69) is 15.8 Å². The van der Waals surface area contributed by atoms with E-state index in [1.165, 1.54) is 0 Å². The fraction of sp³-hybridized carbons (Fsp3) is 0.250. The number of nitrogens with one attached hydrogen (secondary N) is 2. The number of hydrogen-bond donors (Lipinski definition) is 2. The molecule has 2 amide bonds. The molecule has 27 heavy (non-hydrogen) atoms. The second-order valence-corrected chi connectivity index (χ2v) is 6.05. The van der Waals surface area contributed by atoms with Gasteiger partial charge < -0.3 is 20.2 Å². The number of benzene rings is 2. The molecule has 1 heterocycles. The maximum absolute atomic E-state index is 12.2. The van der Waals surface area contributed by atoms with Gasteiger partial charge in [-0.05, 0) is 23.3 Å². The minimum absolute atomic E-state index is 0.121. The Bertz CT molecular complexity index is 819. The van der Waals surface area contributed by atoms with E-state index in [0.29, 0.717) is 13.0 Å². The van der Waals surface area contributed by atoms with Crippen molar-refractivity contribution in [3.05, 3.63) is 65.7 Å². The summed E-state index contributed by atoms with van der Waals surface area (Å²) in [4.78, 5) is 29.4. The first-order valence-corrected chi connectivity index (χ1v) is 8.61. The lowest BCUT2D eigenvalue weighted by molar-refractivity contribution is -0.123. The molecule has 140 valence electrons. The summed E-state index contributed by atoms with van der Waals surface area (Å²) in [5.74, 6) is 0.0806. The highest BCUT2D eigenvalue weighted by atomic mass is 16.6. The SMILES string of the molecule is COc1ccc(CNC(=O)CNC(=O)C2=NOC(c3ccccc3)C2)cc1. The van der Waals surface area contributed by atoms with E-state index in [9.17, 15) is 9.59 Å². The standard InChI is InChI=1S/C20H21N3O4/c1-26-16-9-7-14(8-10-16)12-21-19(24)13-22-20(25)17-11-18(27-23-17)15-5-3-2-4-6-15/h2-10,18H,11-13H2,1H3,(H,21,24)(H,22,25). The second-order valence-electron chi connectivity index (χ2n) is 6.05. The van der Waals surface area contributed by atoms with Crippen LogP contribution in [0.15, 0.2) is 59.8 Å². The maximum Gasteiger partial charge on any atom is 0.269 e. The zero-order chi connectivity index (χ0) is 19.1. The Balaban J connectivity index is 1.40. The summed E-state index contributed by atoms with van der Waals surface area (Å²) in [6.07, 6.45) is 0.111. The molecule has 1 aliphatic heterocycles. The van der Waals surface area contributed by atoms with Crippen molar-refractivity contribution in [2.75, 3.05) is 13.7 Å². The van der Waals surface area contributed by atoms with E-state index in [0.717, 1.165) is 16.9 Å². The van der Waals surface area contributed by atoms with Gasteiger partial charge in [0.15, 0.2) is 6.10 Å². The Morgan fingerprint density at radius 1 is 1.11 bits per heavy atom. The van der Waals surface area contributed by atoms with Gasteiger partial charge in [0.25, 0.3) is 5.91 Å². The summed E-state index contributed by atoms with van der Waals surface area (Å²) in [5, 5.41) is 9.16. The molecule has 2 N–H and O–H groups in total. The molecular weight excluding hydrogens is 346 g/mol. The third-order valence-electron chi connectivity index (χ3n) is 4.16. The first kappa shape index (κ1) is 18.4. The van der Waals surface area contributed by atoms with Gasteiger partial charge in [-0.1, -0.05) is 47.6 Å². The van der Waals surface area contributed by atoms with E-state index in [4.69, 9.17) is 9.57 Å². The number of carbonyl (C=O) groups excluding carboxylic acids is 2. The Morgan fingerprint density at radius 2 is 1.85 bits per heavy atom. The number of rotatable bonds is 7. The summed E-state index contributed by atoms with van der Waals surface area (Å²) < 4.78 is 5.09. The zero-order valence-electron chi connectivity index (χ0n) is 15.0. The molecule has 0 radical (unpaired) electrons. The summed E-state index contributed by atoms with van der Waals surface area (Å²) in [7, 11) is 1.60. The van der Waals surface area contributed by atoms with Crippen LogP contribution in [0.2, 0.25) is 0 Å². The molecule has 0 bridgehead atoms. The molecule has 0 fully saturated rings. The molecule has 3 rings (SSSR count). The molecule has 1 aliphatic rings. The van der Waals surface area contributed by atoms with Crippen LogP contribution >= 0.6 is 0 Å². The van der Waals surface area contributed by atoms with Crippen molar-refractivity contribution in [3.8, 4) is 5.75 Å². The predicted octanol–water partition coefficient (Wildman–Crippen LogP) is 1.95. The van der Waals surface area contributed by atoms with Crippen LogP contribution in [0.3, 0.4) is 0 Å². The Labute approximate surface area is 157 Å². The number of oxime groups is 1. The van der Waals surface area contributed by atoms with E-state index < -0.39 is 5.91 Å². The van der Waals surface area contributed by atoms with Crippen molar-refractivity contribution in [3.63, 3.8) is 0 Å². The van der Waals surface area contributed by atoms with E-state index in [1.807, 2.05) is 54.6 Å². The first-order chi connectivity index (χ1) is 13.2. The average Bonchev–Trinajstić information content (AvgIpc) is 3.22. The van der Waals surface area contributed by atoms with Gasteiger partial charge in [0.05, 0.1) is 13.7 Å². The van der Waals surface area contributed by atoms with Crippen LogP contribution in [0.25, 0.3) is 0 Å². The highest BCUT2D eigenvalue weighted by Gasteiger charge is 2.27. The van der Waals surface area contributed by atoms with E-state index in [-0.39, 0.29) is 24.3 Å². The molecule has 2 aromatic rings. The number of carbonyl (C=O) groups is 2. The molecule has 7 heteroatoms. The van der Waals surface area contributed by atoms with Crippen LogP contribution < -0.4 is 15.4 Å². The van der Waals surface area contributed by atoms with Gasteiger partial charge in [-0.3, -0.25) is 9.59 Å². The molecular formula is C20H21N3O4. The number of ether oxygens (including phenoxy) is 1. The summed E-state index contributed by atoms with van der Waals surface area (Å²) in [6, 6.07) is 17.0. The minimum Gasteiger partial charge on any atom is -0.497 e. The van der Waals surface area contributed by atoms with Crippen molar-refractivity contribution < 1.29 is 19.2 Å². The average molecular weight is 367 g/mol. The molecule has 0 aliphatic carbocycles. The Hall–Kier alpha value is -3.35. The lowest BCUT2D eigenvalue weighted by Crippen LogP contribution is -2.39. The largest absolute Gasteiger partial charge is 0.497 e. The topological polar surface area (TPSA) is 89.0 Å². The van der Waals surface area contributed by atoms with Crippen LogP contribution in [-0.4, -0.2) is 31.2 Å². The molecule has 0 aromatic heterocycles. The lowest BCUT2D eigenvalue weighted by Gasteiger charge is -2.08. The molecule has 0 saturated heterocycles. The second kappa shape index (κ2) is 8.84. The number of amides is 2. The molecule has 0 saturated carbocycles. The molecule has 7 nitrogen and oxygen atoms in total. The maximum atomic E-state index is 12.2. The van der Waals surface area contributed by atoms with Gasteiger partial charge in [-0.2, -0.15) is 0 Å². The first-order valence-electron chi connectivity index (χ1n) is 8.61. The van der Waals surface area contributed by atoms with Gasteiger partial charge >= 0.3 is 0 Å². The van der Waals surface area contributed by atoms with Crippen LogP contribution in [0.4, 0.5) is 0 Å². The zero-order valence-corrected chi connectivity index (χ0v) is 15.0. The molecule has 0 spiro atoms. The smallest absolute Gasteiger partial charge is 0.269 e. The third kappa shape index (κ3) is 5.07. The highest BCUT2D eigenvalue weighted by Crippen LogP contribution is 2.26. The number of hydrogen-bond acceptors (Lipinski definition) is 5. The van der Waals surface area contributed by atoms with Crippen molar-refractivity contribution in [1.82, 2.24) is 10.6 Å². The quantitative estimate of drug-likeness (QED) is 0.783. The van der Waals surface area contributed by atoms with E-state index in [1.54, 1.807) is 7.11 Å². The van der Waals surface area contributed by atoms with Gasteiger partial charge in [0, 0.05) is 13.0 Å². The lowest BCUT2D eigenvalue weighted by atomic mass is 10.0. The fourth-order valence-electron chi connectivity index (χ4n) is 2.63. The number of methoxy groups -OCH3 is 1. The van der Waals surface area contributed by atoms with Gasteiger partial charge in [-0.25, -0.2) is 0 Å². The number of nitrogens with zero attached hydrogens (tertiary/aromatic N) is 1. The summed E-state index contributed by atoms with van der Waals surface area (Å²) in [5.41, 5.74) is 2.18. The van der Waals surface area contributed by atoms with Gasteiger partial charge in [0.1, 0.15) is 11.5 Å². The molecule has 1 unspecified atom stereocenters. The van der Waals surface area contributed by atoms with Crippen LogP contribution in [0.5, 0.6) is 5.75 Å². The Morgan fingerprint density at radius 3 is 2.56 bits per heavy atom. The van der Waals surface area contributed by atoms with Gasteiger partial charge in [-0.15, -0.1) is 0 Å². The van der Waals surface area contributed by atoms with Crippen LogP contribution in [-0.2, 0) is 21.0 Å². The van der Waals surface area contributed by atoms with Crippen molar-refractivity contribution in [2.45, 2.75) is 19.1 Å². The van der Waals surface area contributed by atoms with Crippen LogP contribution in [0.1, 0.15) is 23.7 Å². The molecule has 2 aromatic carbocycles. The van der Waals surface area contributed by atoms with Crippen LogP contribution in [0, 0.1) is 0 Å². The summed E-state index contributed by atoms with van der Waals surface area (Å²) >= 11 is 0. The minimum atomic E-state index is -0.395. The molecule has 1 atom stereocenters. The Kier molecular flexibility index (Phi) is 6.04. The van der Waals surface area contributed by atoms with Crippen molar-refractivity contribution in [1.29, 1.82) is 0 Å². The van der Waals surface area contributed by atoms with Gasteiger partial charge in [0.2, 0.25) is 5.91 Å². The fourth-order valence-corrected chi connectivity index (χ4v) is 2.63.